The zero-order valence-electron chi connectivity index (χ0n) is 11.8. The lowest BCUT2D eigenvalue weighted by atomic mass is 9.94. The van der Waals surface area contributed by atoms with Crippen LogP contribution in [0.1, 0.15) is 37.8 Å². The summed E-state index contributed by atoms with van der Waals surface area (Å²) >= 11 is 6.23. The van der Waals surface area contributed by atoms with Crippen LogP contribution in [0.5, 0.6) is 5.75 Å². The van der Waals surface area contributed by atoms with E-state index in [0.29, 0.717) is 11.5 Å². The fourth-order valence-corrected chi connectivity index (χ4v) is 3.16. The van der Waals surface area contributed by atoms with Gasteiger partial charge in [-0.15, -0.1) is 0 Å². The zero-order valence-corrected chi connectivity index (χ0v) is 12.5. The summed E-state index contributed by atoms with van der Waals surface area (Å²) in [5, 5.41) is 4.43. The molecule has 0 unspecified atom stereocenters. The summed E-state index contributed by atoms with van der Waals surface area (Å²) in [4.78, 5) is 0. The van der Waals surface area contributed by atoms with Crippen molar-refractivity contribution in [2.75, 3.05) is 13.2 Å². The Hall–Kier alpha value is -0.730. The molecule has 19 heavy (non-hydrogen) atoms. The smallest absolute Gasteiger partial charge is 0.125 e. The Morgan fingerprint density at radius 3 is 2.84 bits per heavy atom. The first-order valence-corrected chi connectivity index (χ1v) is 7.63. The van der Waals surface area contributed by atoms with Gasteiger partial charge in [-0.3, -0.25) is 0 Å². The first kappa shape index (κ1) is 13.3. The van der Waals surface area contributed by atoms with Gasteiger partial charge in [0.2, 0.25) is 0 Å². The molecule has 1 aromatic carbocycles. The summed E-state index contributed by atoms with van der Waals surface area (Å²) in [6.45, 7) is 6.32. The second kappa shape index (κ2) is 4.99. The molecule has 0 atom stereocenters. The number of nitrogens with one attached hydrogen (secondary N) is 1. The molecule has 0 aromatic heterocycles. The van der Waals surface area contributed by atoms with Gasteiger partial charge in [-0.1, -0.05) is 25.4 Å². The van der Waals surface area contributed by atoms with Crippen LogP contribution in [0.25, 0.3) is 0 Å². The largest absolute Gasteiger partial charge is 0.493 e. The molecule has 1 N–H and O–H groups in total. The molecule has 104 valence electrons. The molecule has 3 rings (SSSR count). The molecule has 2 aliphatic rings. The van der Waals surface area contributed by atoms with Crippen LogP contribution in [0.15, 0.2) is 12.1 Å². The van der Waals surface area contributed by atoms with E-state index in [4.69, 9.17) is 16.3 Å². The average molecular weight is 280 g/mol. The molecule has 0 bridgehead atoms. The zero-order chi connectivity index (χ0) is 13.5. The number of fused-ring (bicyclic) bond motifs is 1. The summed E-state index contributed by atoms with van der Waals surface area (Å²) in [6, 6.07) is 4.71. The number of hydrogen-bond acceptors (Lipinski definition) is 2. The van der Waals surface area contributed by atoms with E-state index < -0.39 is 0 Å². The van der Waals surface area contributed by atoms with Gasteiger partial charge in [0.15, 0.2) is 0 Å². The highest BCUT2D eigenvalue weighted by Gasteiger charge is 2.43. The minimum absolute atomic E-state index is 0.439. The van der Waals surface area contributed by atoms with Gasteiger partial charge in [-0.05, 0) is 47.9 Å². The molecule has 1 aliphatic carbocycles. The predicted molar refractivity (Wildman–Crippen MR) is 79.2 cm³/mol. The van der Waals surface area contributed by atoms with E-state index >= 15 is 0 Å². The van der Waals surface area contributed by atoms with Gasteiger partial charge in [0.05, 0.1) is 6.61 Å². The Bertz CT molecular complexity index is 480. The standard InChI is InChI=1S/C16H22ClNO/c1-11(2)18-10-16(4-5-16)9-13-8-14(17)7-12-3-6-19-15(12)13/h7-8,11,18H,3-6,9-10H2,1-2H3. The number of ether oxygens (including phenoxy) is 1. The van der Waals surface area contributed by atoms with Crippen molar-refractivity contribution in [1.29, 1.82) is 0 Å². The van der Waals surface area contributed by atoms with Gasteiger partial charge in [0.1, 0.15) is 5.75 Å². The van der Waals surface area contributed by atoms with Crippen LogP contribution in [0.3, 0.4) is 0 Å². The van der Waals surface area contributed by atoms with Gasteiger partial charge < -0.3 is 10.1 Å². The van der Waals surface area contributed by atoms with E-state index in [9.17, 15) is 0 Å². The fourth-order valence-electron chi connectivity index (χ4n) is 2.89. The summed E-state index contributed by atoms with van der Waals surface area (Å²) in [6.07, 6.45) is 4.72. The van der Waals surface area contributed by atoms with Crippen LogP contribution in [0, 0.1) is 5.41 Å². The summed E-state index contributed by atoms with van der Waals surface area (Å²) < 4.78 is 5.80. The monoisotopic (exact) mass is 279 g/mol. The average Bonchev–Trinajstić information content (AvgIpc) is 2.94. The Morgan fingerprint density at radius 1 is 1.37 bits per heavy atom. The number of hydrogen-bond donors (Lipinski definition) is 1. The van der Waals surface area contributed by atoms with Crippen molar-refractivity contribution in [3.8, 4) is 5.75 Å². The van der Waals surface area contributed by atoms with Gasteiger partial charge >= 0.3 is 0 Å². The molecule has 0 radical (unpaired) electrons. The van der Waals surface area contributed by atoms with Gasteiger partial charge in [0.25, 0.3) is 0 Å². The molecular formula is C16H22ClNO. The van der Waals surface area contributed by atoms with Crippen molar-refractivity contribution in [1.82, 2.24) is 5.32 Å². The van der Waals surface area contributed by atoms with Crippen molar-refractivity contribution in [3.05, 3.63) is 28.3 Å². The quantitative estimate of drug-likeness (QED) is 0.889. The van der Waals surface area contributed by atoms with Crippen LogP contribution < -0.4 is 10.1 Å². The van der Waals surface area contributed by atoms with Crippen LogP contribution in [0.4, 0.5) is 0 Å². The summed E-state index contributed by atoms with van der Waals surface area (Å²) in [5.41, 5.74) is 3.03. The highest BCUT2D eigenvalue weighted by atomic mass is 35.5. The van der Waals surface area contributed by atoms with Crippen LogP contribution in [-0.4, -0.2) is 19.2 Å². The summed E-state index contributed by atoms with van der Waals surface area (Å²) in [5.74, 6) is 1.11. The predicted octanol–water partition coefficient (Wildman–Crippen LogP) is 3.60. The van der Waals surface area contributed by atoms with Crippen molar-refractivity contribution >= 4 is 11.6 Å². The molecule has 2 nitrogen and oxygen atoms in total. The third kappa shape index (κ3) is 2.90. The molecule has 3 heteroatoms. The van der Waals surface area contributed by atoms with E-state index in [1.165, 1.54) is 24.0 Å². The van der Waals surface area contributed by atoms with Crippen molar-refractivity contribution in [2.45, 2.75) is 45.6 Å². The van der Waals surface area contributed by atoms with Gasteiger partial charge in [-0.25, -0.2) is 0 Å². The molecule has 1 saturated carbocycles. The normalized spacial score (nSPS) is 19.4. The topological polar surface area (TPSA) is 21.3 Å². The van der Waals surface area contributed by atoms with Crippen molar-refractivity contribution < 1.29 is 4.74 Å². The number of rotatable bonds is 5. The SMILES string of the molecule is CC(C)NCC1(Cc2cc(Cl)cc3c2OCC3)CC1. The molecule has 0 spiro atoms. The third-order valence-corrected chi connectivity index (χ3v) is 4.45. The Balaban J connectivity index is 1.77. The Morgan fingerprint density at radius 2 is 2.16 bits per heavy atom. The maximum absolute atomic E-state index is 6.23. The lowest BCUT2D eigenvalue weighted by molar-refractivity contribution is 0.348. The third-order valence-electron chi connectivity index (χ3n) is 4.23. The Labute approximate surface area is 120 Å². The van der Waals surface area contributed by atoms with E-state index in [2.05, 4.69) is 31.3 Å². The van der Waals surface area contributed by atoms with E-state index in [0.717, 1.165) is 36.8 Å². The highest BCUT2D eigenvalue weighted by molar-refractivity contribution is 6.30. The first-order valence-electron chi connectivity index (χ1n) is 7.25. The number of benzene rings is 1. The minimum Gasteiger partial charge on any atom is -0.493 e. The summed E-state index contributed by atoms with van der Waals surface area (Å²) in [7, 11) is 0. The van der Waals surface area contributed by atoms with Crippen LogP contribution in [0.2, 0.25) is 5.02 Å². The van der Waals surface area contributed by atoms with Crippen molar-refractivity contribution in [3.63, 3.8) is 0 Å². The molecule has 1 heterocycles. The second-order valence-electron chi connectivity index (χ2n) is 6.36. The van der Waals surface area contributed by atoms with Crippen LogP contribution in [-0.2, 0) is 12.8 Å². The molecular weight excluding hydrogens is 258 g/mol. The second-order valence-corrected chi connectivity index (χ2v) is 6.80. The molecule has 1 fully saturated rings. The molecule has 0 saturated heterocycles. The molecule has 1 aliphatic heterocycles. The molecule has 1 aromatic rings. The van der Waals surface area contributed by atoms with Gasteiger partial charge in [0, 0.05) is 24.0 Å². The fraction of sp³-hybridized carbons (Fsp3) is 0.625. The van der Waals surface area contributed by atoms with E-state index in [-0.39, 0.29) is 0 Å². The minimum atomic E-state index is 0.439. The number of halogens is 1. The lowest BCUT2D eigenvalue weighted by Crippen LogP contribution is -2.31. The van der Waals surface area contributed by atoms with E-state index in [1.807, 2.05) is 0 Å². The molecule has 0 amide bonds. The Kier molecular flexibility index (Phi) is 3.48. The van der Waals surface area contributed by atoms with Gasteiger partial charge in [-0.2, -0.15) is 0 Å². The van der Waals surface area contributed by atoms with Crippen LogP contribution >= 0.6 is 11.6 Å². The first-order chi connectivity index (χ1) is 9.08. The maximum Gasteiger partial charge on any atom is 0.125 e. The van der Waals surface area contributed by atoms with Crippen molar-refractivity contribution in [2.24, 2.45) is 5.41 Å². The highest BCUT2D eigenvalue weighted by Crippen LogP contribution is 2.50. The van der Waals surface area contributed by atoms with E-state index in [1.54, 1.807) is 0 Å². The lowest BCUT2D eigenvalue weighted by Gasteiger charge is -2.19. The maximum atomic E-state index is 6.23.